The maximum atomic E-state index is 12.1. The van der Waals surface area contributed by atoms with Gasteiger partial charge in [0, 0.05) is 29.4 Å². The van der Waals surface area contributed by atoms with Crippen molar-refractivity contribution in [1.29, 1.82) is 0 Å². The summed E-state index contributed by atoms with van der Waals surface area (Å²) >= 11 is 3.13. The first-order valence-corrected chi connectivity index (χ1v) is 8.03. The minimum atomic E-state index is -0.129. The fourth-order valence-electron chi connectivity index (χ4n) is 1.78. The molecule has 0 saturated carbocycles. The monoisotopic (exact) mass is 312 g/mol. The fraction of sp³-hybridized carbons (Fsp3) is 0.385. The van der Waals surface area contributed by atoms with Gasteiger partial charge in [-0.05, 0) is 11.4 Å². The van der Waals surface area contributed by atoms with E-state index in [-0.39, 0.29) is 38.6 Å². The van der Waals surface area contributed by atoms with Gasteiger partial charge >= 0.3 is 0 Å². The van der Waals surface area contributed by atoms with Crippen LogP contribution >= 0.6 is 22.7 Å². The number of aliphatic hydroxyl groups excluding tert-OH is 2. The van der Waals surface area contributed by atoms with Crippen LogP contribution in [0.2, 0.25) is 0 Å². The Morgan fingerprint density at radius 2 is 2.00 bits per heavy atom. The van der Waals surface area contributed by atoms with Crippen molar-refractivity contribution in [3.05, 3.63) is 27.9 Å². The van der Waals surface area contributed by atoms with Gasteiger partial charge in [0.2, 0.25) is 5.91 Å². The van der Waals surface area contributed by atoms with E-state index in [0.29, 0.717) is 0 Å². The van der Waals surface area contributed by atoms with E-state index in [1.807, 2.05) is 22.2 Å². The molecule has 2 heterocycles. The van der Waals surface area contributed by atoms with Crippen LogP contribution in [-0.4, -0.2) is 52.3 Å². The van der Waals surface area contributed by atoms with Crippen LogP contribution < -0.4 is 0 Å². The third kappa shape index (κ3) is 3.86. The number of hydrogen-bond donors (Lipinski definition) is 2. The van der Waals surface area contributed by atoms with Crippen molar-refractivity contribution in [3.8, 4) is 10.6 Å². The number of aromatic nitrogens is 1. The minimum Gasteiger partial charge on any atom is -0.395 e. The first-order chi connectivity index (χ1) is 9.74. The second-order valence-electron chi connectivity index (χ2n) is 4.16. The topological polar surface area (TPSA) is 73.7 Å². The second kappa shape index (κ2) is 7.49. The van der Waals surface area contributed by atoms with Crippen LogP contribution in [0, 0.1) is 0 Å². The second-order valence-corrected chi connectivity index (χ2v) is 5.80. The Kier molecular flexibility index (Phi) is 5.66. The van der Waals surface area contributed by atoms with E-state index in [1.165, 1.54) is 16.2 Å². The summed E-state index contributed by atoms with van der Waals surface area (Å²) in [7, 11) is 0. The number of carbonyl (C=O) groups excluding carboxylic acids is 1. The van der Waals surface area contributed by atoms with Crippen molar-refractivity contribution in [3.63, 3.8) is 0 Å². The highest BCUT2D eigenvalue weighted by atomic mass is 32.1. The largest absolute Gasteiger partial charge is 0.395 e. The van der Waals surface area contributed by atoms with E-state index in [9.17, 15) is 4.79 Å². The Morgan fingerprint density at radius 1 is 1.25 bits per heavy atom. The van der Waals surface area contributed by atoms with Gasteiger partial charge in [0.15, 0.2) is 0 Å². The number of carbonyl (C=O) groups is 1. The van der Waals surface area contributed by atoms with Crippen LogP contribution in [0.3, 0.4) is 0 Å². The summed E-state index contributed by atoms with van der Waals surface area (Å²) in [5.74, 6) is -0.129. The molecular formula is C13H16N2O3S2. The number of thiazole rings is 1. The number of thiophene rings is 1. The molecule has 0 unspecified atom stereocenters. The third-order valence-corrected chi connectivity index (χ3v) is 4.37. The third-order valence-electron chi connectivity index (χ3n) is 2.74. The maximum absolute atomic E-state index is 12.1. The van der Waals surface area contributed by atoms with E-state index in [2.05, 4.69) is 4.98 Å². The zero-order valence-corrected chi connectivity index (χ0v) is 12.5. The molecule has 0 aliphatic carbocycles. The van der Waals surface area contributed by atoms with Gasteiger partial charge in [-0.25, -0.2) is 4.98 Å². The lowest BCUT2D eigenvalue weighted by atomic mass is 10.3. The summed E-state index contributed by atoms with van der Waals surface area (Å²) in [5.41, 5.74) is 1.79. The molecule has 0 aliphatic heterocycles. The Hall–Kier alpha value is -1.28. The predicted molar refractivity (Wildman–Crippen MR) is 79.9 cm³/mol. The van der Waals surface area contributed by atoms with Gasteiger partial charge in [-0.15, -0.1) is 11.3 Å². The molecule has 2 aromatic heterocycles. The number of amides is 1. The summed E-state index contributed by atoms with van der Waals surface area (Å²) in [6.45, 7) is 0.258. The van der Waals surface area contributed by atoms with Crippen LogP contribution in [0.15, 0.2) is 22.2 Å². The lowest BCUT2D eigenvalue weighted by molar-refractivity contribution is -0.131. The quantitative estimate of drug-likeness (QED) is 0.806. The lowest BCUT2D eigenvalue weighted by Gasteiger charge is -2.20. The molecule has 7 heteroatoms. The van der Waals surface area contributed by atoms with Crippen LogP contribution in [0.4, 0.5) is 0 Å². The van der Waals surface area contributed by atoms with E-state index in [0.717, 1.165) is 16.3 Å². The molecule has 2 N–H and O–H groups in total. The molecule has 0 saturated heterocycles. The lowest BCUT2D eigenvalue weighted by Crippen LogP contribution is -2.36. The highest BCUT2D eigenvalue weighted by Crippen LogP contribution is 2.25. The summed E-state index contributed by atoms with van der Waals surface area (Å²) in [6.07, 6.45) is 0.195. The molecule has 0 bridgehead atoms. The molecule has 5 nitrogen and oxygen atoms in total. The van der Waals surface area contributed by atoms with Crippen molar-refractivity contribution >= 4 is 28.6 Å². The molecular weight excluding hydrogens is 296 g/mol. The van der Waals surface area contributed by atoms with Crippen molar-refractivity contribution < 1.29 is 15.0 Å². The van der Waals surface area contributed by atoms with Crippen LogP contribution in [-0.2, 0) is 11.2 Å². The average molecular weight is 312 g/mol. The number of hydrogen-bond acceptors (Lipinski definition) is 6. The molecule has 2 aromatic rings. The van der Waals surface area contributed by atoms with E-state index in [1.54, 1.807) is 11.3 Å². The number of rotatable bonds is 7. The van der Waals surface area contributed by atoms with Crippen molar-refractivity contribution in [2.24, 2.45) is 0 Å². The minimum absolute atomic E-state index is 0.108. The van der Waals surface area contributed by atoms with Crippen molar-refractivity contribution in [2.75, 3.05) is 26.3 Å². The highest BCUT2D eigenvalue weighted by Gasteiger charge is 2.15. The molecule has 108 valence electrons. The van der Waals surface area contributed by atoms with E-state index in [4.69, 9.17) is 10.2 Å². The van der Waals surface area contributed by atoms with Gasteiger partial charge in [-0.1, -0.05) is 0 Å². The molecule has 0 aliphatic rings. The molecule has 20 heavy (non-hydrogen) atoms. The average Bonchev–Trinajstić information content (AvgIpc) is 3.08. The summed E-state index contributed by atoms with van der Waals surface area (Å²) < 4.78 is 0. The Labute approximate surface area is 125 Å². The van der Waals surface area contributed by atoms with Gasteiger partial charge in [-0.3, -0.25) is 4.79 Å². The van der Waals surface area contributed by atoms with Crippen molar-refractivity contribution in [2.45, 2.75) is 6.42 Å². The number of aliphatic hydroxyl groups is 2. The van der Waals surface area contributed by atoms with Crippen molar-refractivity contribution in [1.82, 2.24) is 9.88 Å². The van der Waals surface area contributed by atoms with E-state index >= 15 is 0 Å². The van der Waals surface area contributed by atoms with Gasteiger partial charge in [0.1, 0.15) is 5.01 Å². The van der Waals surface area contributed by atoms with Gasteiger partial charge in [0.25, 0.3) is 0 Å². The first-order valence-electron chi connectivity index (χ1n) is 6.21. The Morgan fingerprint density at radius 3 is 2.60 bits per heavy atom. The number of nitrogens with zero attached hydrogens (tertiary/aromatic N) is 2. The molecule has 0 spiro atoms. The summed E-state index contributed by atoms with van der Waals surface area (Å²) in [6, 6.07) is 2.00. The SMILES string of the molecule is O=C(Cc1csc(-c2ccsc2)n1)N(CCO)CCO. The predicted octanol–water partition coefficient (Wildman–Crippen LogP) is 1.23. The summed E-state index contributed by atoms with van der Waals surface area (Å²) in [5, 5.41) is 24.6. The Balaban J connectivity index is 2.00. The molecule has 0 atom stereocenters. The van der Waals surface area contributed by atoms with Crippen LogP contribution in [0.1, 0.15) is 5.69 Å². The normalized spacial score (nSPS) is 10.7. The Bertz CT molecular complexity index is 534. The highest BCUT2D eigenvalue weighted by molar-refractivity contribution is 7.14. The van der Waals surface area contributed by atoms with Gasteiger partial charge < -0.3 is 15.1 Å². The summed E-state index contributed by atoms with van der Waals surface area (Å²) in [4.78, 5) is 18.0. The zero-order chi connectivity index (χ0) is 14.4. The van der Waals surface area contributed by atoms with Crippen LogP contribution in [0.25, 0.3) is 10.6 Å². The van der Waals surface area contributed by atoms with E-state index < -0.39 is 0 Å². The van der Waals surface area contributed by atoms with Gasteiger partial charge in [-0.2, -0.15) is 11.3 Å². The maximum Gasteiger partial charge on any atom is 0.228 e. The van der Waals surface area contributed by atoms with Gasteiger partial charge in [0.05, 0.1) is 25.3 Å². The fourth-order valence-corrected chi connectivity index (χ4v) is 3.31. The van der Waals surface area contributed by atoms with Crippen LogP contribution in [0.5, 0.6) is 0 Å². The molecule has 2 rings (SSSR count). The molecule has 0 radical (unpaired) electrons. The zero-order valence-electron chi connectivity index (χ0n) is 10.9. The first kappa shape index (κ1) is 15.1. The smallest absolute Gasteiger partial charge is 0.228 e. The molecule has 0 aromatic carbocycles. The standard InChI is InChI=1S/C13H16N2O3S2/c16-4-2-15(3-5-17)12(18)7-11-9-20-13(14-11)10-1-6-19-8-10/h1,6,8-9,16-17H,2-5,7H2. The molecule has 0 fully saturated rings. The molecule has 1 amide bonds.